The van der Waals surface area contributed by atoms with Crippen molar-refractivity contribution >= 4 is 33.0 Å². The van der Waals surface area contributed by atoms with Crippen LogP contribution in [0.4, 0.5) is 5.69 Å². The molecule has 2 aliphatic rings. The molecule has 0 spiro atoms. The zero-order chi connectivity index (χ0) is 20.4. The average molecular weight is 436 g/mol. The summed E-state index contributed by atoms with van der Waals surface area (Å²) in [5, 5.41) is 0. The molecule has 2 aliphatic heterocycles. The van der Waals surface area contributed by atoms with Crippen molar-refractivity contribution in [3.05, 3.63) is 41.3 Å². The first-order valence-corrected chi connectivity index (χ1v) is 12.0. The Morgan fingerprint density at radius 3 is 2.21 bits per heavy atom. The Balaban J connectivity index is 1.41. The van der Waals surface area contributed by atoms with Crippen molar-refractivity contribution in [2.24, 2.45) is 0 Å². The van der Waals surface area contributed by atoms with Crippen LogP contribution >= 0.6 is 11.3 Å². The summed E-state index contributed by atoms with van der Waals surface area (Å²) in [4.78, 5) is 17.0. The third-order valence-electron chi connectivity index (χ3n) is 5.46. The van der Waals surface area contributed by atoms with E-state index in [1.54, 1.807) is 24.1 Å². The first-order chi connectivity index (χ1) is 14.0. The Labute approximate surface area is 175 Å². The van der Waals surface area contributed by atoms with Gasteiger partial charge in [-0.05, 0) is 49.2 Å². The van der Waals surface area contributed by atoms with Gasteiger partial charge in [0.05, 0.1) is 12.0 Å². The summed E-state index contributed by atoms with van der Waals surface area (Å²) in [6.07, 6.45) is 2.03. The highest BCUT2D eigenvalue weighted by molar-refractivity contribution is 7.91. The lowest BCUT2D eigenvalue weighted by Gasteiger charge is -2.35. The topological polar surface area (TPSA) is 70.2 Å². The van der Waals surface area contributed by atoms with Crippen LogP contribution in [0.3, 0.4) is 0 Å². The Morgan fingerprint density at radius 2 is 1.59 bits per heavy atom. The minimum Gasteiger partial charge on any atom is -0.497 e. The van der Waals surface area contributed by atoms with Crippen molar-refractivity contribution in [1.29, 1.82) is 0 Å². The minimum absolute atomic E-state index is 0.0572. The van der Waals surface area contributed by atoms with Gasteiger partial charge in [-0.25, -0.2) is 8.42 Å². The molecule has 156 valence electrons. The quantitative estimate of drug-likeness (QED) is 0.722. The van der Waals surface area contributed by atoms with Crippen LogP contribution in [0.1, 0.15) is 22.5 Å². The molecule has 9 heteroatoms. The third kappa shape index (κ3) is 4.12. The van der Waals surface area contributed by atoms with E-state index in [9.17, 15) is 13.2 Å². The van der Waals surface area contributed by atoms with Gasteiger partial charge < -0.3 is 14.5 Å². The van der Waals surface area contributed by atoms with E-state index in [1.807, 2.05) is 24.3 Å². The van der Waals surface area contributed by atoms with Gasteiger partial charge in [-0.2, -0.15) is 4.31 Å². The number of hydrogen-bond donors (Lipinski definition) is 0. The Bertz CT molecular complexity index is 958. The monoisotopic (exact) mass is 435 g/mol. The Morgan fingerprint density at radius 1 is 0.931 bits per heavy atom. The van der Waals surface area contributed by atoms with E-state index in [2.05, 4.69) is 4.90 Å². The molecule has 0 saturated carbocycles. The number of carbonyl (C=O) groups excluding carboxylic acids is 1. The fourth-order valence-corrected chi connectivity index (χ4v) is 6.61. The summed E-state index contributed by atoms with van der Waals surface area (Å²) in [5.74, 6) is 0.741. The second kappa shape index (κ2) is 8.33. The van der Waals surface area contributed by atoms with Crippen molar-refractivity contribution in [1.82, 2.24) is 9.21 Å². The maximum absolute atomic E-state index is 13.0. The molecule has 0 bridgehead atoms. The van der Waals surface area contributed by atoms with E-state index in [0.717, 1.165) is 48.7 Å². The Hall–Kier alpha value is -2.10. The number of amides is 1. The maximum atomic E-state index is 13.0. The standard InChI is InChI=1S/C20H25N3O4S2/c1-27-17-6-4-16(5-7-17)21-12-14-23(15-13-21)29(25,26)19-9-8-18(28-19)20(24)22-10-2-3-11-22/h4-9H,2-3,10-15H2,1H3. The molecule has 3 heterocycles. The van der Waals surface area contributed by atoms with Gasteiger partial charge in [0.1, 0.15) is 9.96 Å². The predicted molar refractivity (Wildman–Crippen MR) is 113 cm³/mol. The zero-order valence-electron chi connectivity index (χ0n) is 16.4. The smallest absolute Gasteiger partial charge is 0.263 e. The number of likely N-dealkylation sites (tertiary alicyclic amines) is 1. The highest BCUT2D eigenvalue weighted by atomic mass is 32.2. The van der Waals surface area contributed by atoms with Crippen LogP contribution in [0.25, 0.3) is 0 Å². The number of piperazine rings is 1. The summed E-state index contributed by atoms with van der Waals surface area (Å²) < 4.78 is 33.0. The van der Waals surface area contributed by atoms with Crippen LogP contribution in [-0.4, -0.2) is 69.9 Å². The molecule has 0 radical (unpaired) electrons. The third-order valence-corrected chi connectivity index (χ3v) is 8.90. The number of rotatable bonds is 5. The number of methoxy groups -OCH3 is 1. The molecule has 2 aromatic rings. The van der Waals surface area contributed by atoms with E-state index in [-0.39, 0.29) is 10.1 Å². The van der Waals surface area contributed by atoms with E-state index in [0.29, 0.717) is 31.1 Å². The summed E-state index contributed by atoms with van der Waals surface area (Å²) in [7, 11) is -1.95. The molecular weight excluding hydrogens is 410 g/mol. The fourth-order valence-electron chi connectivity index (χ4n) is 3.76. The lowest BCUT2D eigenvalue weighted by Crippen LogP contribution is -2.48. The van der Waals surface area contributed by atoms with Crippen LogP contribution in [0.5, 0.6) is 5.75 Å². The maximum Gasteiger partial charge on any atom is 0.263 e. The van der Waals surface area contributed by atoms with Crippen molar-refractivity contribution in [2.45, 2.75) is 17.1 Å². The molecule has 2 fully saturated rings. The average Bonchev–Trinajstić information content (AvgIpc) is 3.46. The second-order valence-electron chi connectivity index (χ2n) is 7.21. The van der Waals surface area contributed by atoms with E-state index in [1.165, 1.54) is 4.31 Å². The van der Waals surface area contributed by atoms with Gasteiger partial charge in [-0.3, -0.25) is 4.79 Å². The summed E-state index contributed by atoms with van der Waals surface area (Å²) in [6.45, 7) is 3.59. The molecule has 1 amide bonds. The highest BCUT2D eigenvalue weighted by Crippen LogP contribution is 2.28. The number of ether oxygens (including phenoxy) is 1. The SMILES string of the molecule is COc1ccc(N2CCN(S(=O)(=O)c3ccc(C(=O)N4CCCC4)s3)CC2)cc1. The summed E-state index contributed by atoms with van der Waals surface area (Å²) >= 11 is 1.08. The first-order valence-electron chi connectivity index (χ1n) is 9.77. The number of thiophene rings is 1. The van der Waals surface area contributed by atoms with Crippen LogP contribution in [-0.2, 0) is 10.0 Å². The number of carbonyl (C=O) groups is 1. The zero-order valence-corrected chi connectivity index (χ0v) is 18.0. The fraction of sp³-hybridized carbons (Fsp3) is 0.450. The van der Waals surface area contributed by atoms with Crippen LogP contribution in [0.2, 0.25) is 0 Å². The molecule has 7 nitrogen and oxygen atoms in total. The number of sulfonamides is 1. The molecule has 2 saturated heterocycles. The van der Waals surface area contributed by atoms with Gasteiger partial charge in [0.2, 0.25) is 0 Å². The normalized spacial score (nSPS) is 18.2. The molecule has 1 aromatic heterocycles. The number of hydrogen-bond acceptors (Lipinski definition) is 6. The van der Waals surface area contributed by atoms with Gasteiger partial charge in [0.25, 0.3) is 15.9 Å². The van der Waals surface area contributed by atoms with E-state index >= 15 is 0 Å². The lowest BCUT2D eigenvalue weighted by molar-refractivity contribution is 0.0797. The second-order valence-corrected chi connectivity index (χ2v) is 10.5. The first kappa shape index (κ1) is 20.2. The predicted octanol–water partition coefficient (Wildman–Crippen LogP) is 2.50. The minimum atomic E-state index is -3.58. The molecule has 0 unspecified atom stereocenters. The molecule has 0 aliphatic carbocycles. The van der Waals surface area contributed by atoms with Crippen molar-refractivity contribution < 1.29 is 17.9 Å². The van der Waals surface area contributed by atoms with Crippen molar-refractivity contribution in [3.8, 4) is 5.75 Å². The summed E-state index contributed by atoms with van der Waals surface area (Å²) in [6, 6.07) is 11.0. The van der Waals surface area contributed by atoms with Gasteiger partial charge in [0.15, 0.2) is 0 Å². The molecule has 1 aromatic carbocycles. The van der Waals surface area contributed by atoms with Gasteiger partial charge in [-0.1, -0.05) is 0 Å². The van der Waals surface area contributed by atoms with Crippen LogP contribution in [0, 0.1) is 0 Å². The molecule has 0 N–H and O–H groups in total. The largest absolute Gasteiger partial charge is 0.497 e. The van der Waals surface area contributed by atoms with Crippen LogP contribution < -0.4 is 9.64 Å². The molecule has 4 rings (SSSR count). The van der Waals surface area contributed by atoms with E-state index < -0.39 is 10.0 Å². The van der Waals surface area contributed by atoms with Crippen molar-refractivity contribution in [3.63, 3.8) is 0 Å². The van der Waals surface area contributed by atoms with Gasteiger partial charge in [0, 0.05) is 45.0 Å². The number of benzene rings is 1. The Kier molecular flexibility index (Phi) is 5.80. The van der Waals surface area contributed by atoms with Crippen LogP contribution in [0.15, 0.2) is 40.6 Å². The number of anilines is 1. The lowest BCUT2D eigenvalue weighted by atomic mass is 10.2. The molecule has 0 atom stereocenters. The highest BCUT2D eigenvalue weighted by Gasteiger charge is 2.31. The summed E-state index contributed by atoms with van der Waals surface area (Å²) in [5.41, 5.74) is 1.05. The molecule has 29 heavy (non-hydrogen) atoms. The molecular formula is C20H25N3O4S2. The van der Waals surface area contributed by atoms with E-state index in [4.69, 9.17) is 4.74 Å². The van der Waals surface area contributed by atoms with Gasteiger partial charge >= 0.3 is 0 Å². The van der Waals surface area contributed by atoms with Gasteiger partial charge in [-0.15, -0.1) is 11.3 Å². The van der Waals surface area contributed by atoms with Crippen molar-refractivity contribution in [2.75, 3.05) is 51.3 Å². The number of nitrogens with zero attached hydrogens (tertiary/aromatic N) is 3.